The largest absolute Gasteiger partial charge is 0.507 e. The van der Waals surface area contributed by atoms with E-state index in [-0.39, 0.29) is 50.8 Å². The molecular weight excluding hydrogens is 781 g/mol. The molecule has 0 bridgehead atoms. The number of carboxylic acid groups (broad SMARTS) is 2. The molecule has 0 amide bonds. The van der Waals surface area contributed by atoms with Crippen LogP contribution in [0.4, 0.5) is 11.4 Å². The molecule has 2 aromatic rings. The molecule has 0 spiro atoms. The SMILES string of the molecule is O=C(O)C1=CC(=O)C2=CC=C(N=Nc3ccc(/C=C/c4ccc(NNC5=CC=C6C(O)=CC(C(=O)O)N=C6C5O)cc4S(=O)(=O)O)c(S(=O)(=O)O)c3)C(=O)C2=N1. The van der Waals surface area contributed by atoms with Gasteiger partial charge >= 0.3 is 11.9 Å². The maximum absolute atomic E-state index is 12.9. The third-order valence-electron chi connectivity index (χ3n) is 8.11. The second-order valence-corrected chi connectivity index (χ2v) is 14.6. The lowest BCUT2D eigenvalue weighted by atomic mass is 9.92. The Labute approximate surface area is 314 Å². The Morgan fingerprint density at radius 2 is 1.46 bits per heavy atom. The number of azo groups is 1. The van der Waals surface area contributed by atoms with Crippen LogP contribution in [0.5, 0.6) is 0 Å². The van der Waals surface area contributed by atoms with E-state index in [4.69, 9.17) is 0 Å². The van der Waals surface area contributed by atoms with Crippen LogP contribution < -0.4 is 10.9 Å². The Hall–Kier alpha value is -6.98. The Balaban J connectivity index is 1.22. The van der Waals surface area contributed by atoms with Crippen LogP contribution in [0.25, 0.3) is 12.2 Å². The number of fused-ring (bicyclic) bond motifs is 2. The summed E-state index contributed by atoms with van der Waals surface area (Å²) in [4.78, 5) is 54.1. The predicted octanol–water partition coefficient (Wildman–Crippen LogP) is 2.27. The number of hydrogen-bond donors (Lipinski definition) is 8. The number of Topliss-reactive ketones (excluding diaryl/α,β-unsaturated/α-hetero) is 1. The summed E-state index contributed by atoms with van der Waals surface area (Å²) in [7, 11) is -9.90. The average Bonchev–Trinajstić information content (AvgIpc) is 3.13. The highest BCUT2D eigenvalue weighted by atomic mass is 32.2. The lowest BCUT2D eigenvalue weighted by Crippen LogP contribution is -2.39. The van der Waals surface area contributed by atoms with Gasteiger partial charge in [-0.3, -0.25) is 23.7 Å². The van der Waals surface area contributed by atoms with Crippen molar-refractivity contribution in [2.45, 2.75) is 21.9 Å². The fourth-order valence-electron chi connectivity index (χ4n) is 5.43. The van der Waals surface area contributed by atoms with E-state index < -0.39 is 82.8 Å². The molecule has 0 aromatic heterocycles. The van der Waals surface area contributed by atoms with E-state index in [1.165, 1.54) is 36.4 Å². The number of ketones is 2. The van der Waals surface area contributed by atoms with Crippen LogP contribution in [-0.2, 0) is 39.4 Å². The van der Waals surface area contributed by atoms with Gasteiger partial charge in [0.2, 0.25) is 5.78 Å². The number of hydrazine groups is 1. The lowest BCUT2D eigenvalue weighted by molar-refractivity contribution is -0.137. The zero-order valence-electron chi connectivity index (χ0n) is 27.8. The number of aliphatic hydroxyl groups excluding tert-OH is 2. The Kier molecular flexibility index (Phi) is 10.2. The van der Waals surface area contributed by atoms with Gasteiger partial charge in [0.05, 0.1) is 28.4 Å². The maximum Gasteiger partial charge on any atom is 0.354 e. The molecule has 2 aliphatic heterocycles. The molecule has 22 heteroatoms. The van der Waals surface area contributed by atoms with Gasteiger partial charge in [-0.05, 0) is 65.8 Å². The number of nitrogens with one attached hydrogen (secondary N) is 2. The van der Waals surface area contributed by atoms with Crippen molar-refractivity contribution in [1.29, 1.82) is 0 Å². The van der Waals surface area contributed by atoms with E-state index in [9.17, 15) is 65.5 Å². The van der Waals surface area contributed by atoms with Crippen molar-refractivity contribution < 1.29 is 65.5 Å². The molecule has 0 saturated heterocycles. The maximum atomic E-state index is 12.9. The van der Waals surface area contributed by atoms with Crippen LogP contribution in [0.15, 0.2) is 137 Å². The van der Waals surface area contributed by atoms with Gasteiger partial charge in [-0.15, -0.1) is 5.11 Å². The third kappa shape index (κ3) is 7.94. The summed E-state index contributed by atoms with van der Waals surface area (Å²) < 4.78 is 69.3. The van der Waals surface area contributed by atoms with Crippen molar-refractivity contribution in [2.75, 3.05) is 5.43 Å². The van der Waals surface area contributed by atoms with Crippen LogP contribution in [0.3, 0.4) is 0 Å². The van der Waals surface area contributed by atoms with Crippen molar-refractivity contribution in [3.63, 3.8) is 0 Å². The van der Waals surface area contributed by atoms with E-state index in [1.54, 1.807) is 0 Å². The van der Waals surface area contributed by atoms with Crippen LogP contribution in [-0.4, -0.2) is 93.4 Å². The van der Waals surface area contributed by atoms with E-state index in [2.05, 4.69) is 31.1 Å². The molecule has 2 aromatic carbocycles. The van der Waals surface area contributed by atoms with Gasteiger partial charge < -0.3 is 31.3 Å². The smallest absolute Gasteiger partial charge is 0.354 e. The summed E-state index contributed by atoms with van der Waals surface area (Å²) in [6, 6.07) is 5.39. The third-order valence-corrected chi connectivity index (χ3v) is 9.93. The van der Waals surface area contributed by atoms with Gasteiger partial charge in [-0.2, -0.15) is 21.9 Å². The second-order valence-electron chi connectivity index (χ2n) is 11.8. The molecule has 8 N–H and O–H groups in total. The number of anilines is 1. The number of aliphatic imine (C=N–C) groups is 2. The summed E-state index contributed by atoms with van der Waals surface area (Å²) in [5, 5.41) is 47.0. The van der Waals surface area contributed by atoms with Gasteiger partial charge in [-0.25, -0.2) is 14.6 Å². The number of aliphatic hydroxyl groups is 2. The summed E-state index contributed by atoms with van der Waals surface area (Å²) >= 11 is 0. The number of allylic oxidation sites excluding steroid dienone is 8. The standard InChI is InChI=1S/C34H24N6O14S2/c41-25-13-23(33(45)46)35-29-19(25)7-9-21(31(29)43)39-37-17-5-3-15(27(11-17)55(49,50)51)1-2-16-4-6-18(12-28(16)56(52,53)54)38-40-22-10-8-20-26(42)14-24(34(47)48)36-30(20)32(22)44/h1-14,23,31,37,39,41,43H,(H,45,46)(H,47,48)(H,49,50,51)(H,52,53,54)/b2-1+,40-38?. The molecule has 0 fully saturated rings. The first-order chi connectivity index (χ1) is 26.3. The average molecular weight is 805 g/mol. The number of nitrogens with zero attached hydrogens (tertiary/aromatic N) is 4. The number of carbonyl (C=O) groups excluding carboxylic acids is 2. The minimum atomic E-state index is -4.97. The summed E-state index contributed by atoms with van der Waals surface area (Å²) in [5.41, 5.74) is 3.09. The van der Waals surface area contributed by atoms with E-state index in [0.717, 1.165) is 48.6 Å². The van der Waals surface area contributed by atoms with Gasteiger partial charge in [0.15, 0.2) is 17.5 Å². The highest BCUT2D eigenvalue weighted by molar-refractivity contribution is 7.86. The van der Waals surface area contributed by atoms with Gasteiger partial charge in [-0.1, -0.05) is 24.3 Å². The van der Waals surface area contributed by atoms with Crippen LogP contribution in [0.2, 0.25) is 0 Å². The summed E-state index contributed by atoms with van der Waals surface area (Å²) in [6.45, 7) is 0. The molecular formula is C34H24N6O14S2. The van der Waals surface area contributed by atoms with Crippen molar-refractivity contribution in [1.82, 2.24) is 5.43 Å². The topological polar surface area (TPSA) is 331 Å². The summed E-state index contributed by atoms with van der Waals surface area (Å²) in [5.74, 6) is -5.00. The predicted molar refractivity (Wildman–Crippen MR) is 194 cm³/mol. The first-order valence-electron chi connectivity index (χ1n) is 15.5. The van der Waals surface area contributed by atoms with Crippen molar-refractivity contribution in [3.8, 4) is 0 Å². The number of hydrogen-bond acceptors (Lipinski definition) is 16. The molecule has 4 aliphatic rings. The van der Waals surface area contributed by atoms with Crippen molar-refractivity contribution in [3.05, 3.63) is 118 Å². The molecule has 286 valence electrons. The van der Waals surface area contributed by atoms with Gasteiger partial charge in [0.25, 0.3) is 20.2 Å². The molecule has 56 heavy (non-hydrogen) atoms. The molecule has 6 rings (SSSR count). The number of dihydropyridines is 1. The normalized spacial score (nSPS) is 19.7. The number of carboxylic acids is 2. The van der Waals surface area contributed by atoms with Gasteiger partial charge in [0.1, 0.15) is 33.1 Å². The first-order valence-corrected chi connectivity index (χ1v) is 18.4. The van der Waals surface area contributed by atoms with E-state index in [0.29, 0.717) is 0 Å². The van der Waals surface area contributed by atoms with E-state index in [1.807, 2.05) is 0 Å². The fraction of sp³-hybridized carbons (Fsp3) is 0.0588. The van der Waals surface area contributed by atoms with E-state index >= 15 is 0 Å². The Bertz CT molecular complexity index is 2720. The minimum absolute atomic E-state index is 0.0272. The molecule has 2 unspecified atom stereocenters. The van der Waals surface area contributed by atoms with Crippen molar-refractivity contribution >= 4 is 78.7 Å². The van der Waals surface area contributed by atoms with Gasteiger partial charge in [0, 0.05) is 11.6 Å². The number of rotatable bonds is 11. The Morgan fingerprint density at radius 3 is 2.11 bits per heavy atom. The number of aliphatic carboxylic acids is 2. The quantitative estimate of drug-likeness (QED) is 0.0531. The molecule has 20 nitrogen and oxygen atoms in total. The molecule has 0 radical (unpaired) electrons. The van der Waals surface area contributed by atoms with Crippen LogP contribution >= 0.6 is 0 Å². The highest BCUT2D eigenvalue weighted by Crippen LogP contribution is 2.30. The minimum Gasteiger partial charge on any atom is -0.507 e. The zero-order valence-corrected chi connectivity index (χ0v) is 29.4. The number of benzene rings is 2. The lowest BCUT2D eigenvalue weighted by Gasteiger charge is -2.27. The monoisotopic (exact) mass is 804 g/mol. The van der Waals surface area contributed by atoms with Crippen molar-refractivity contribution in [2.24, 2.45) is 20.2 Å². The molecule has 2 heterocycles. The van der Waals surface area contributed by atoms with Crippen LogP contribution in [0.1, 0.15) is 11.1 Å². The highest BCUT2D eigenvalue weighted by Gasteiger charge is 2.34. The molecule has 2 aliphatic carbocycles. The fourth-order valence-corrected chi connectivity index (χ4v) is 6.85. The van der Waals surface area contributed by atoms with Crippen LogP contribution in [0, 0.1) is 0 Å². The first kappa shape index (κ1) is 38.7. The summed E-state index contributed by atoms with van der Waals surface area (Å²) in [6.07, 6.45) is 7.47. The number of carbonyl (C=O) groups is 4. The Morgan fingerprint density at radius 1 is 0.821 bits per heavy atom. The second kappa shape index (κ2) is 14.7. The zero-order chi connectivity index (χ0) is 40.7. The molecule has 2 atom stereocenters. The molecule has 0 saturated carbocycles.